The van der Waals surface area contributed by atoms with Crippen LogP contribution in [-0.4, -0.2) is 48.5 Å². The van der Waals surface area contributed by atoms with Crippen molar-refractivity contribution in [3.63, 3.8) is 0 Å². The van der Waals surface area contributed by atoms with Crippen molar-refractivity contribution in [1.29, 1.82) is 0 Å². The fraction of sp³-hybridized carbons (Fsp3) is 0.320. The summed E-state index contributed by atoms with van der Waals surface area (Å²) in [6.07, 6.45) is -0.631. The van der Waals surface area contributed by atoms with Crippen molar-refractivity contribution in [2.24, 2.45) is 0 Å². The van der Waals surface area contributed by atoms with Crippen molar-refractivity contribution in [3.8, 4) is 17.0 Å². The molecule has 32 heavy (non-hydrogen) atoms. The second kappa shape index (κ2) is 9.78. The molecule has 7 heteroatoms. The fourth-order valence-electron chi connectivity index (χ4n) is 3.49. The monoisotopic (exact) mass is 432 g/mol. The fourth-order valence-corrected chi connectivity index (χ4v) is 3.49. The topological polar surface area (TPSA) is 76.6 Å². The summed E-state index contributed by atoms with van der Waals surface area (Å²) in [6, 6.07) is 17.3. The predicted molar refractivity (Wildman–Crippen MR) is 125 cm³/mol. The van der Waals surface area contributed by atoms with Gasteiger partial charge in [0.05, 0.1) is 18.9 Å². The minimum Gasteiger partial charge on any atom is -0.481 e. The van der Waals surface area contributed by atoms with E-state index in [0.717, 1.165) is 35.7 Å². The van der Waals surface area contributed by atoms with Crippen molar-refractivity contribution in [2.45, 2.75) is 26.9 Å². The summed E-state index contributed by atoms with van der Waals surface area (Å²) in [5.74, 6) is 1.31. The van der Waals surface area contributed by atoms with Gasteiger partial charge in [-0.3, -0.25) is 4.79 Å². The molecule has 4 rings (SSSR count). The van der Waals surface area contributed by atoms with Gasteiger partial charge in [-0.05, 0) is 68.3 Å². The molecule has 2 aromatic carbocycles. The number of amides is 1. The lowest BCUT2D eigenvalue weighted by Gasteiger charge is -2.27. The summed E-state index contributed by atoms with van der Waals surface area (Å²) >= 11 is 0. The Hall–Kier alpha value is -3.45. The highest BCUT2D eigenvalue weighted by Crippen LogP contribution is 2.23. The lowest BCUT2D eigenvalue weighted by molar-refractivity contribution is -0.122. The Balaban J connectivity index is 1.41. The number of aryl methyl sites for hydroxylation is 2. The quantitative estimate of drug-likeness (QED) is 0.634. The van der Waals surface area contributed by atoms with Crippen LogP contribution in [0, 0.1) is 13.8 Å². The molecule has 1 unspecified atom stereocenters. The van der Waals surface area contributed by atoms with E-state index in [2.05, 4.69) is 20.4 Å². The summed E-state index contributed by atoms with van der Waals surface area (Å²) in [4.78, 5) is 14.8. The first-order chi connectivity index (χ1) is 15.5. The highest BCUT2D eigenvalue weighted by molar-refractivity contribution is 5.94. The molecule has 1 aromatic heterocycles. The third kappa shape index (κ3) is 5.23. The first kappa shape index (κ1) is 21.8. The molecule has 1 N–H and O–H groups in total. The van der Waals surface area contributed by atoms with Crippen LogP contribution in [0.5, 0.6) is 5.75 Å². The van der Waals surface area contributed by atoms with Crippen LogP contribution in [-0.2, 0) is 9.53 Å². The Morgan fingerprint density at radius 3 is 2.56 bits per heavy atom. The molecular weight excluding hydrogens is 404 g/mol. The number of aromatic nitrogens is 2. The van der Waals surface area contributed by atoms with Gasteiger partial charge in [0.25, 0.3) is 5.91 Å². The van der Waals surface area contributed by atoms with Crippen LogP contribution in [0.2, 0.25) is 0 Å². The van der Waals surface area contributed by atoms with Crippen molar-refractivity contribution >= 4 is 17.4 Å². The zero-order chi connectivity index (χ0) is 22.5. The molecule has 0 aliphatic carbocycles. The Morgan fingerprint density at radius 1 is 1.03 bits per heavy atom. The molecule has 1 aliphatic rings. The summed E-state index contributed by atoms with van der Waals surface area (Å²) in [7, 11) is 0. The SMILES string of the molecule is Cc1ccc(OC(C)C(=O)Nc2cccc(-c3ccc(N4CCOCC4)nn3)c2)cc1C. The van der Waals surface area contributed by atoms with Gasteiger partial charge in [0.1, 0.15) is 5.75 Å². The Morgan fingerprint density at radius 2 is 1.84 bits per heavy atom. The number of rotatable bonds is 6. The first-order valence-corrected chi connectivity index (χ1v) is 10.8. The zero-order valence-electron chi connectivity index (χ0n) is 18.7. The number of morpholine rings is 1. The number of hydrogen-bond acceptors (Lipinski definition) is 6. The third-order valence-electron chi connectivity index (χ3n) is 5.57. The number of hydrogen-bond donors (Lipinski definition) is 1. The predicted octanol–water partition coefficient (Wildman–Crippen LogP) is 4.00. The zero-order valence-corrected chi connectivity index (χ0v) is 18.7. The minimum absolute atomic E-state index is 0.214. The normalized spacial score (nSPS) is 14.7. The van der Waals surface area contributed by atoms with Crippen molar-refractivity contribution < 1.29 is 14.3 Å². The van der Waals surface area contributed by atoms with E-state index in [4.69, 9.17) is 9.47 Å². The highest BCUT2D eigenvalue weighted by Gasteiger charge is 2.16. The van der Waals surface area contributed by atoms with Crippen LogP contribution in [0.25, 0.3) is 11.3 Å². The average Bonchev–Trinajstić information content (AvgIpc) is 2.82. The van der Waals surface area contributed by atoms with Gasteiger partial charge in [0.15, 0.2) is 11.9 Å². The Labute approximate surface area is 188 Å². The molecule has 0 bridgehead atoms. The van der Waals surface area contributed by atoms with Crippen LogP contribution in [0.1, 0.15) is 18.1 Å². The molecule has 7 nitrogen and oxygen atoms in total. The van der Waals surface area contributed by atoms with E-state index >= 15 is 0 Å². The third-order valence-corrected chi connectivity index (χ3v) is 5.57. The maximum atomic E-state index is 12.7. The van der Waals surface area contributed by atoms with Gasteiger partial charge in [-0.15, -0.1) is 10.2 Å². The molecule has 166 valence electrons. The van der Waals surface area contributed by atoms with E-state index in [1.807, 2.05) is 68.4 Å². The molecule has 3 aromatic rings. The lowest BCUT2D eigenvalue weighted by Crippen LogP contribution is -2.36. The molecule has 1 fully saturated rings. The van der Waals surface area contributed by atoms with Crippen LogP contribution >= 0.6 is 0 Å². The van der Waals surface area contributed by atoms with Gasteiger partial charge in [0.2, 0.25) is 0 Å². The van der Waals surface area contributed by atoms with Crippen LogP contribution < -0.4 is 15.0 Å². The van der Waals surface area contributed by atoms with E-state index in [-0.39, 0.29) is 5.91 Å². The number of carbonyl (C=O) groups excluding carboxylic acids is 1. The van der Waals surface area contributed by atoms with Crippen LogP contribution in [0.4, 0.5) is 11.5 Å². The van der Waals surface area contributed by atoms with Gasteiger partial charge in [-0.25, -0.2) is 0 Å². The minimum atomic E-state index is -0.631. The molecule has 1 amide bonds. The average molecular weight is 433 g/mol. The number of benzene rings is 2. The second-order valence-corrected chi connectivity index (χ2v) is 7.95. The van der Waals surface area contributed by atoms with Crippen molar-refractivity contribution in [3.05, 3.63) is 65.7 Å². The molecular formula is C25H28N4O3. The summed E-state index contributed by atoms with van der Waals surface area (Å²) in [6.45, 7) is 8.85. The van der Waals surface area contributed by atoms with Gasteiger partial charge in [-0.1, -0.05) is 18.2 Å². The molecule has 1 atom stereocenters. The first-order valence-electron chi connectivity index (χ1n) is 10.8. The van der Waals surface area contributed by atoms with Crippen molar-refractivity contribution in [2.75, 3.05) is 36.5 Å². The van der Waals surface area contributed by atoms with Crippen LogP contribution in [0.3, 0.4) is 0 Å². The Bertz CT molecular complexity index is 1080. The van der Waals surface area contributed by atoms with E-state index in [1.54, 1.807) is 6.92 Å². The van der Waals surface area contributed by atoms with Gasteiger partial charge in [0, 0.05) is 24.3 Å². The standard InChI is InChI=1S/C25H28N4O3/c1-17-7-8-22(15-18(17)2)32-19(3)25(30)26-21-6-4-5-20(16-21)23-9-10-24(28-27-23)29-11-13-31-14-12-29/h4-10,15-16,19H,11-14H2,1-3H3,(H,26,30). The number of nitrogens with one attached hydrogen (secondary N) is 1. The van der Waals surface area contributed by atoms with Gasteiger partial charge < -0.3 is 19.7 Å². The van der Waals surface area contributed by atoms with Crippen molar-refractivity contribution in [1.82, 2.24) is 10.2 Å². The summed E-state index contributed by atoms with van der Waals surface area (Å²) in [5.41, 5.74) is 4.63. The molecule has 0 saturated carbocycles. The maximum absolute atomic E-state index is 12.7. The molecule has 0 radical (unpaired) electrons. The molecule has 2 heterocycles. The molecule has 1 aliphatic heterocycles. The van der Waals surface area contributed by atoms with E-state index in [9.17, 15) is 4.79 Å². The maximum Gasteiger partial charge on any atom is 0.265 e. The number of ether oxygens (including phenoxy) is 2. The van der Waals surface area contributed by atoms with E-state index in [1.165, 1.54) is 5.56 Å². The smallest absolute Gasteiger partial charge is 0.265 e. The summed E-state index contributed by atoms with van der Waals surface area (Å²) < 4.78 is 11.2. The number of anilines is 2. The molecule has 0 spiro atoms. The number of nitrogens with zero attached hydrogens (tertiary/aromatic N) is 3. The number of carbonyl (C=O) groups is 1. The summed E-state index contributed by atoms with van der Waals surface area (Å²) in [5, 5.41) is 11.7. The van der Waals surface area contributed by atoms with E-state index < -0.39 is 6.10 Å². The molecule has 1 saturated heterocycles. The lowest BCUT2D eigenvalue weighted by atomic mass is 10.1. The highest BCUT2D eigenvalue weighted by atomic mass is 16.5. The Kier molecular flexibility index (Phi) is 6.66. The largest absolute Gasteiger partial charge is 0.481 e. The van der Waals surface area contributed by atoms with Gasteiger partial charge >= 0.3 is 0 Å². The van der Waals surface area contributed by atoms with Crippen LogP contribution in [0.15, 0.2) is 54.6 Å². The van der Waals surface area contributed by atoms with E-state index in [0.29, 0.717) is 24.7 Å². The van der Waals surface area contributed by atoms with Gasteiger partial charge in [-0.2, -0.15) is 0 Å². The second-order valence-electron chi connectivity index (χ2n) is 7.95.